The maximum atomic E-state index is 12.8. The average Bonchev–Trinajstić information content (AvgIpc) is 2.84. The number of carbonyl (C=O) groups is 1. The number of amides is 1. The summed E-state index contributed by atoms with van der Waals surface area (Å²) in [5.74, 6) is 0.192. The van der Waals surface area contributed by atoms with Gasteiger partial charge in [0.2, 0.25) is 0 Å². The van der Waals surface area contributed by atoms with E-state index in [1.54, 1.807) is 7.11 Å². The van der Waals surface area contributed by atoms with Crippen LogP contribution in [0.1, 0.15) is 35.2 Å². The minimum atomic E-state index is 0.192. The van der Waals surface area contributed by atoms with Crippen LogP contribution in [0, 0.1) is 12.3 Å². The summed E-state index contributed by atoms with van der Waals surface area (Å²) < 4.78 is 5.35. The highest BCUT2D eigenvalue weighted by atomic mass is 16.5. The second-order valence-corrected chi connectivity index (χ2v) is 7.34. The van der Waals surface area contributed by atoms with Crippen LogP contribution in [0.3, 0.4) is 0 Å². The molecule has 1 atom stereocenters. The standard InChI is InChI=1S/C19H28N2O2/c1-15-6-4-5-7-17(15)18(22)21-10-8-19(9-11-21)12-16(13-23-3)20(2)14-19/h4-7,16H,8-14H2,1-3H3/t16-/m0/s1. The number of carbonyl (C=O) groups excluding carboxylic acids is 1. The normalized spacial score (nSPS) is 24.3. The van der Waals surface area contributed by atoms with E-state index in [4.69, 9.17) is 4.74 Å². The van der Waals surface area contributed by atoms with Crippen molar-refractivity contribution in [2.75, 3.05) is 40.4 Å². The Morgan fingerprint density at radius 3 is 2.65 bits per heavy atom. The van der Waals surface area contributed by atoms with Crippen molar-refractivity contribution in [3.8, 4) is 0 Å². The van der Waals surface area contributed by atoms with E-state index in [2.05, 4.69) is 11.9 Å². The number of ether oxygens (including phenoxy) is 1. The molecule has 23 heavy (non-hydrogen) atoms. The fourth-order valence-electron chi connectivity index (χ4n) is 4.29. The zero-order valence-corrected chi connectivity index (χ0v) is 14.5. The second-order valence-electron chi connectivity index (χ2n) is 7.34. The number of hydrogen-bond acceptors (Lipinski definition) is 3. The molecule has 126 valence electrons. The highest BCUT2D eigenvalue weighted by Gasteiger charge is 2.44. The van der Waals surface area contributed by atoms with Gasteiger partial charge in [-0.05, 0) is 50.3 Å². The molecule has 3 rings (SSSR count). The van der Waals surface area contributed by atoms with Crippen LogP contribution in [-0.2, 0) is 4.74 Å². The number of rotatable bonds is 3. The van der Waals surface area contributed by atoms with Crippen LogP contribution < -0.4 is 0 Å². The van der Waals surface area contributed by atoms with E-state index in [-0.39, 0.29) is 5.91 Å². The number of aryl methyl sites for hydroxylation is 1. The number of likely N-dealkylation sites (tertiary alicyclic amines) is 2. The summed E-state index contributed by atoms with van der Waals surface area (Å²) in [6.45, 7) is 5.71. The van der Waals surface area contributed by atoms with Gasteiger partial charge >= 0.3 is 0 Å². The average molecular weight is 316 g/mol. The summed E-state index contributed by atoms with van der Waals surface area (Å²) >= 11 is 0. The molecule has 1 spiro atoms. The van der Waals surface area contributed by atoms with Gasteiger partial charge in [-0.25, -0.2) is 0 Å². The van der Waals surface area contributed by atoms with Crippen LogP contribution in [0.25, 0.3) is 0 Å². The Hall–Kier alpha value is -1.39. The Morgan fingerprint density at radius 1 is 1.30 bits per heavy atom. The van der Waals surface area contributed by atoms with Crippen molar-refractivity contribution in [3.63, 3.8) is 0 Å². The van der Waals surface area contributed by atoms with Gasteiger partial charge in [0, 0.05) is 38.3 Å². The van der Waals surface area contributed by atoms with E-state index in [1.165, 1.54) is 6.42 Å². The maximum Gasteiger partial charge on any atom is 0.254 e. The minimum Gasteiger partial charge on any atom is -0.383 e. The van der Waals surface area contributed by atoms with E-state index in [9.17, 15) is 4.79 Å². The summed E-state index contributed by atoms with van der Waals surface area (Å²) in [4.78, 5) is 17.2. The Labute approximate surface area is 139 Å². The van der Waals surface area contributed by atoms with Crippen molar-refractivity contribution >= 4 is 5.91 Å². The van der Waals surface area contributed by atoms with Gasteiger partial charge in [0.05, 0.1) is 6.61 Å². The molecule has 2 fully saturated rings. The molecular formula is C19H28N2O2. The first-order valence-electron chi connectivity index (χ1n) is 8.59. The predicted octanol–water partition coefficient (Wildman–Crippen LogP) is 2.57. The van der Waals surface area contributed by atoms with Gasteiger partial charge in [-0.2, -0.15) is 0 Å². The lowest BCUT2D eigenvalue weighted by molar-refractivity contribution is 0.0591. The number of nitrogens with zero attached hydrogens (tertiary/aromatic N) is 2. The van der Waals surface area contributed by atoms with E-state index >= 15 is 0 Å². The number of hydrogen-bond donors (Lipinski definition) is 0. The van der Waals surface area contributed by atoms with Gasteiger partial charge in [-0.3, -0.25) is 4.79 Å². The predicted molar refractivity (Wildman–Crippen MR) is 91.7 cm³/mol. The first-order valence-corrected chi connectivity index (χ1v) is 8.59. The molecule has 2 aliphatic rings. The molecule has 1 aromatic carbocycles. The van der Waals surface area contributed by atoms with Crippen LogP contribution in [-0.4, -0.2) is 62.1 Å². The highest BCUT2D eigenvalue weighted by molar-refractivity contribution is 5.95. The van der Waals surface area contributed by atoms with Crippen molar-refractivity contribution in [3.05, 3.63) is 35.4 Å². The van der Waals surface area contributed by atoms with E-state index in [0.29, 0.717) is 11.5 Å². The molecular weight excluding hydrogens is 288 g/mol. The number of benzene rings is 1. The van der Waals surface area contributed by atoms with E-state index < -0.39 is 0 Å². The van der Waals surface area contributed by atoms with Crippen molar-refractivity contribution in [1.29, 1.82) is 0 Å². The van der Waals surface area contributed by atoms with Crippen molar-refractivity contribution in [2.24, 2.45) is 5.41 Å². The third kappa shape index (κ3) is 3.29. The molecule has 0 saturated carbocycles. The largest absolute Gasteiger partial charge is 0.383 e. The lowest BCUT2D eigenvalue weighted by Crippen LogP contribution is -2.44. The van der Waals surface area contributed by atoms with Gasteiger partial charge in [-0.1, -0.05) is 18.2 Å². The minimum absolute atomic E-state index is 0.192. The Kier molecular flexibility index (Phi) is 4.74. The van der Waals surface area contributed by atoms with Crippen LogP contribution >= 0.6 is 0 Å². The SMILES string of the molecule is COC[C@@H]1CC2(CCN(C(=O)c3ccccc3C)CC2)CN1C. The molecule has 0 aromatic heterocycles. The molecule has 2 heterocycles. The van der Waals surface area contributed by atoms with Crippen molar-refractivity contribution in [2.45, 2.75) is 32.2 Å². The van der Waals surface area contributed by atoms with Gasteiger partial charge < -0.3 is 14.5 Å². The molecule has 0 bridgehead atoms. The molecule has 2 saturated heterocycles. The fourth-order valence-corrected chi connectivity index (χ4v) is 4.29. The number of piperidine rings is 1. The molecule has 0 unspecified atom stereocenters. The molecule has 4 nitrogen and oxygen atoms in total. The van der Waals surface area contributed by atoms with Crippen LogP contribution in [0.4, 0.5) is 0 Å². The maximum absolute atomic E-state index is 12.8. The molecule has 0 aliphatic carbocycles. The van der Waals surface area contributed by atoms with Crippen molar-refractivity contribution in [1.82, 2.24) is 9.80 Å². The van der Waals surface area contributed by atoms with Gasteiger partial charge in [-0.15, -0.1) is 0 Å². The fraction of sp³-hybridized carbons (Fsp3) is 0.632. The Balaban J connectivity index is 1.63. The molecule has 0 radical (unpaired) electrons. The molecule has 1 aromatic rings. The lowest BCUT2D eigenvalue weighted by atomic mass is 9.76. The summed E-state index contributed by atoms with van der Waals surface area (Å²) in [7, 11) is 3.98. The summed E-state index contributed by atoms with van der Waals surface area (Å²) in [5, 5.41) is 0. The topological polar surface area (TPSA) is 32.8 Å². The third-order valence-electron chi connectivity index (χ3n) is 5.72. The van der Waals surface area contributed by atoms with Gasteiger partial charge in [0.25, 0.3) is 5.91 Å². The zero-order chi connectivity index (χ0) is 16.4. The lowest BCUT2D eigenvalue weighted by Gasteiger charge is -2.39. The quantitative estimate of drug-likeness (QED) is 0.859. The van der Waals surface area contributed by atoms with Gasteiger partial charge in [0.15, 0.2) is 0 Å². The van der Waals surface area contributed by atoms with E-state index in [0.717, 1.165) is 50.2 Å². The van der Waals surface area contributed by atoms with Crippen LogP contribution in [0.15, 0.2) is 24.3 Å². The van der Waals surface area contributed by atoms with Gasteiger partial charge in [0.1, 0.15) is 0 Å². The zero-order valence-electron chi connectivity index (χ0n) is 14.5. The van der Waals surface area contributed by atoms with Crippen LogP contribution in [0.5, 0.6) is 0 Å². The number of methoxy groups -OCH3 is 1. The molecule has 1 amide bonds. The Morgan fingerprint density at radius 2 is 2.00 bits per heavy atom. The first-order chi connectivity index (χ1) is 11.0. The summed E-state index contributed by atoms with van der Waals surface area (Å²) in [6.07, 6.45) is 3.41. The summed E-state index contributed by atoms with van der Waals surface area (Å²) in [5.41, 5.74) is 2.29. The Bertz CT molecular complexity index is 564. The number of likely N-dealkylation sites (N-methyl/N-ethyl adjacent to an activating group) is 1. The monoisotopic (exact) mass is 316 g/mol. The molecule has 4 heteroatoms. The first kappa shape index (κ1) is 16.5. The van der Waals surface area contributed by atoms with Crippen molar-refractivity contribution < 1.29 is 9.53 Å². The van der Waals surface area contributed by atoms with E-state index in [1.807, 2.05) is 36.1 Å². The second kappa shape index (κ2) is 6.62. The summed E-state index contributed by atoms with van der Waals surface area (Å²) in [6, 6.07) is 8.42. The molecule has 2 aliphatic heterocycles. The molecule has 0 N–H and O–H groups in total. The third-order valence-corrected chi connectivity index (χ3v) is 5.72. The van der Waals surface area contributed by atoms with Crippen LogP contribution in [0.2, 0.25) is 0 Å². The smallest absolute Gasteiger partial charge is 0.254 e. The highest BCUT2D eigenvalue weighted by Crippen LogP contribution is 2.43.